The van der Waals surface area contributed by atoms with Gasteiger partial charge in [0.1, 0.15) is 23.2 Å². The third-order valence-electron chi connectivity index (χ3n) is 4.95. The summed E-state index contributed by atoms with van der Waals surface area (Å²) in [5.41, 5.74) is 2.68. The molecule has 0 atom stereocenters. The summed E-state index contributed by atoms with van der Waals surface area (Å²) >= 11 is 0. The molecule has 0 saturated carbocycles. The Morgan fingerprint density at radius 2 is 1.50 bits per heavy atom. The lowest BCUT2D eigenvalue weighted by Gasteiger charge is -2.33. The number of anilines is 3. The number of nitrogens with one attached hydrogen (secondary N) is 1. The number of rotatable bonds is 5. The summed E-state index contributed by atoms with van der Waals surface area (Å²) in [4.78, 5) is 22.4. The van der Waals surface area contributed by atoms with Crippen LogP contribution < -0.4 is 15.0 Å². The zero-order valence-electron chi connectivity index (χ0n) is 17.9. The summed E-state index contributed by atoms with van der Waals surface area (Å²) in [6.45, 7) is 9.79. The second-order valence-electron chi connectivity index (χ2n) is 7.63. The predicted octanol–water partition coefficient (Wildman–Crippen LogP) is 3.48. The molecule has 8 heteroatoms. The summed E-state index contributed by atoms with van der Waals surface area (Å²) in [5, 5.41) is 3.37. The van der Waals surface area contributed by atoms with E-state index in [-0.39, 0.29) is 0 Å². The molecule has 0 bridgehead atoms. The Labute approximate surface area is 177 Å². The lowest BCUT2D eigenvalue weighted by Crippen LogP contribution is -2.44. The van der Waals surface area contributed by atoms with Gasteiger partial charge in [-0.3, -0.25) is 0 Å². The van der Waals surface area contributed by atoms with Crippen LogP contribution in [-0.2, 0) is 0 Å². The van der Waals surface area contributed by atoms with Crippen LogP contribution in [0.3, 0.4) is 0 Å². The highest BCUT2D eigenvalue weighted by Crippen LogP contribution is 2.24. The van der Waals surface area contributed by atoms with Crippen LogP contribution in [0.25, 0.3) is 0 Å². The number of aromatic nitrogens is 4. The fourth-order valence-corrected chi connectivity index (χ4v) is 3.41. The zero-order chi connectivity index (χ0) is 21.1. The monoisotopic (exact) mass is 405 g/mol. The molecule has 3 heterocycles. The van der Waals surface area contributed by atoms with Gasteiger partial charge in [0.25, 0.3) is 0 Å². The normalized spacial score (nSPS) is 14.6. The van der Waals surface area contributed by atoms with Crippen molar-refractivity contribution in [1.29, 1.82) is 0 Å². The van der Waals surface area contributed by atoms with Crippen molar-refractivity contribution in [2.45, 2.75) is 20.8 Å². The highest BCUT2D eigenvalue weighted by molar-refractivity contribution is 5.60. The van der Waals surface area contributed by atoms with E-state index in [2.05, 4.69) is 42.1 Å². The highest BCUT2D eigenvalue weighted by Gasteiger charge is 2.16. The minimum absolute atomic E-state index is 0.358. The predicted molar refractivity (Wildman–Crippen MR) is 118 cm³/mol. The van der Waals surface area contributed by atoms with Gasteiger partial charge in [0.2, 0.25) is 0 Å². The summed E-state index contributed by atoms with van der Waals surface area (Å²) in [6, 6.07) is 12.0. The minimum Gasteiger partial charge on any atom is -0.424 e. The van der Waals surface area contributed by atoms with Gasteiger partial charge in [-0.1, -0.05) is 0 Å². The third kappa shape index (κ3) is 5.01. The maximum Gasteiger partial charge on any atom is 0.322 e. The fourth-order valence-electron chi connectivity index (χ4n) is 3.41. The molecule has 0 amide bonds. The minimum atomic E-state index is 0.358. The molecule has 1 fully saturated rings. The molecule has 2 aromatic heterocycles. The molecule has 3 aromatic rings. The molecule has 8 nitrogen and oxygen atoms in total. The number of piperazine rings is 1. The molecule has 156 valence electrons. The summed E-state index contributed by atoms with van der Waals surface area (Å²) < 4.78 is 5.79. The van der Waals surface area contributed by atoms with E-state index >= 15 is 0 Å². The number of ether oxygens (including phenoxy) is 1. The molecule has 0 radical (unpaired) electrons. The number of benzene rings is 1. The number of hydrogen-bond acceptors (Lipinski definition) is 8. The van der Waals surface area contributed by atoms with Gasteiger partial charge >= 0.3 is 6.01 Å². The zero-order valence-corrected chi connectivity index (χ0v) is 17.9. The molecule has 1 saturated heterocycles. The first kappa shape index (κ1) is 20.0. The lowest BCUT2D eigenvalue weighted by molar-refractivity contribution is 0.312. The summed E-state index contributed by atoms with van der Waals surface area (Å²) in [7, 11) is 2.15. The Kier molecular flexibility index (Phi) is 5.76. The van der Waals surface area contributed by atoms with Crippen molar-refractivity contribution in [3.8, 4) is 11.8 Å². The molecule has 30 heavy (non-hydrogen) atoms. The molecular formula is C22H27N7O. The number of nitrogens with zero attached hydrogens (tertiary/aromatic N) is 6. The Morgan fingerprint density at radius 3 is 2.17 bits per heavy atom. The van der Waals surface area contributed by atoms with Gasteiger partial charge in [0.05, 0.1) is 0 Å². The van der Waals surface area contributed by atoms with E-state index in [0.717, 1.165) is 60.7 Å². The molecular weight excluding hydrogens is 378 g/mol. The van der Waals surface area contributed by atoms with Crippen molar-refractivity contribution in [3.63, 3.8) is 0 Å². The quantitative estimate of drug-likeness (QED) is 0.691. The van der Waals surface area contributed by atoms with Crippen molar-refractivity contribution in [3.05, 3.63) is 53.6 Å². The van der Waals surface area contributed by atoms with Crippen molar-refractivity contribution in [1.82, 2.24) is 24.8 Å². The van der Waals surface area contributed by atoms with Crippen molar-refractivity contribution in [2.24, 2.45) is 0 Å². The molecule has 1 N–H and O–H groups in total. The van der Waals surface area contributed by atoms with Gasteiger partial charge in [-0.2, -0.15) is 0 Å². The van der Waals surface area contributed by atoms with Crippen LogP contribution >= 0.6 is 0 Å². The van der Waals surface area contributed by atoms with Crippen molar-refractivity contribution in [2.75, 3.05) is 43.4 Å². The van der Waals surface area contributed by atoms with Crippen LogP contribution in [0, 0.1) is 20.8 Å². The largest absolute Gasteiger partial charge is 0.424 e. The smallest absolute Gasteiger partial charge is 0.322 e. The standard InChI is InChI=1S/C22H27N7O/c1-15-13-16(2)24-22(23-15)30-19-7-5-18(6-8-19)27-20-14-21(26-17(3)25-20)29-11-9-28(4)10-12-29/h5-8,13-14H,9-12H2,1-4H3,(H,25,26,27). The molecule has 0 aliphatic carbocycles. The Bertz CT molecular complexity index is 994. The Hall–Kier alpha value is -3.26. The summed E-state index contributed by atoms with van der Waals surface area (Å²) in [6.07, 6.45) is 0. The van der Waals surface area contributed by atoms with E-state index < -0.39 is 0 Å². The van der Waals surface area contributed by atoms with Crippen molar-refractivity contribution >= 4 is 17.3 Å². The van der Waals surface area contributed by atoms with E-state index in [0.29, 0.717) is 11.8 Å². The SMILES string of the molecule is Cc1cc(C)nc(Oc2ccc(Nc3cc(N4CCN(C)CC4)nc(C)n3)cc2)n1. The maximum absolute atomic E-state index is 5.79. The van der Waals surface area contributed by atoms with Crippen LogP contribution in [0.5, 0.6) is 11.8 Å². The number of hydrogen-bond donors (Lipinski definition) is 1. The van der Waals surface area contributed by atoms with Gasteiger partial charge in [-0.05, 0) is 58.2 Å². The first-order chi connectivity index (χ1) is 14.4. The highest BCUT2D eigenvalue weighted by atomic mass is 16.5. The van der Waals surface area contributed by atoms with E-state index in [9.17, 15) is 0 Å². The van der Waals surface area contributed by atoms with Gasteiger partial charge in [0.15, 0.2) is 0 Å². The first-order valence-electron chi connectivity index (χ1n) is 10.1. The topological polar surface area (TPSA) is 79.3 Å². The maximum atomic E-state index is 5.79. The van der Waals surface area contributed by atoms with Crippen LogP contribution in [0.15, 0.2) is 36.4 Å². The molecule has 1 aliphatic heterocycles. The molecule has 1 aromatic carbocycles. The van der Waals surface area contributed by atoms with Gasteiger partial charge in [-0.25, -0.2) is 19.9 Å². The fraction of sp³-hybridized carbons (Fsp3) is 0.364. The van der Waals surface area contributed by atoms with E-state index in [1.165, 1.54) is 0 Å². The average Bonchev–Trinajstić information content (AvgIpc) is 2.69. The van der Waals surface area contributed by atoms with E-state index in [1.54, 1.807) is 0 Å². The molecule has 0 spiro atoms. The summed E-state index contributed by atoms with van der Waals surface area (Å²) in [5.74, 6) is 3.18. The van der Waals surface area contributed by atoms with E-state index in [1.807, 2.05) is 57.2 Å². The second-order valence-corrected chi connectivity index (χ2v) is 7.63. The van der Waals surface area contributed by atoms with Crippen LogP contribution in [0.2, 0.25) is 0 Å². The Balaban J connectivity index is 1.45. The van der Waals surface area contributed by atoms with Gasteiger partial charge in [0, 0.05) is 49.3 Å². The van der Waals surface area contributed by atoms with E-state index in [4.69, 9.17) is 4.74 Å². The van der Waals surface area contributed by atoms with Crippen LogP contribution in [0.4, 0.5) is 17.3 Å². The molecule has 1 aliphatic rings. The third-order valence-corrected chi connectivity index (χ3v) is 4.95. The second kappa shape index (κ2) is 8.62. The van der Waals surface area contributed by atoms with Gasteiger partial charge < -0.3 is 19.9 Å². The van der Waals surface area contributed by atoms with Crippen LogP contribution in [-0.4, -0.2) is 58.1 Å². The van der Waals surface area contributed by atoms with Crippen LogP contribution in [0.1, 0.15) is 17.2 Å². The lowest BCUT2D eigenvalue weighted by atomic mass is 10.3. The number of aryl methyl sites for hydroxylation is 3. The Morgan fingerprint density at radius 1 is 0.833 bits per heavy atom. The van der Waals surface area contributed by atoms with Crippen molar-refractivity contribution < 1.29 is 4.74 Å². The molecule has 4 rings (SSSR count). The van der Waals surface area contributed by atoms with Gasteiger partial charge in [-0.15, -0.1) is 0 Å². The average molecular weight is 406 g/mol. The first-order valence-corrected chi connectivity index (χ1v) is 10.1. The number of likely N-dealkylation sites (N-methyl/N-ethyl adjacent to an activating group) is 1. The molecule has 0 unspecified atom stereocenters.